The van der Waals surface area contributed by atoms with Crippen molar-refractivity contribution in [2.24, 2.45) is 0 Å². The molecule has 0 amide bonds. The van der Waals surface area contributed by atoms with Crippen molar-refractivity contribution in [2.75, 3.05) is 5.43 Å². The number of phenols is 1. The number of nitrogens with one attached hydrogen (secondary N) is 2. The van der Waals surface area contributed by atoms with Crippen LogP contribution in [0.15, 0.2) is 48.5 Å². The molecule has 0 aromatic heterocycles. The Morgan fingerprint density at radius 2 is 1.76 bits per heavy atom. The maximum absolute atomic E-state index is 12.2. The number of aromatic hydroxyl groups is 1. The van der Waals surface area contributed by atoms with Crippen LogP contribution in [0.4, 0.5) is 18.9 Å². The molecule has 0 atom stereocenters. The van der Waals surface area contributed by atoms with E-state index >= 15 is 0 Å². The summed E-state index contributed by atoms with van der Waals surface area (Å²) in [6.45, 7) is 0.253. The number of phenolic OH excluding ortho intramolecular Hbond substituents is 1. The van der Waals surface area contributed by atoms with Crippen LogP contribution in [-0.4, -0.2) is 11.5 Å². The summed E-state index contributed by atoms with van der Waals surface area (Å²) in [6, 6.07) is 13.0. The number of halogens is 3. The largest absolute Gasteiger partial charge is 0.573 e. The summed E-state index contributed by atoms with van der Waals surface area (Å²) in [7, 11) is 0. The van der Waals surface area contributed by atoms with Gasteiger partial charge < -0.3 is 15.3 Å². The molecule has 2 aromatic rings. The molecule has 112 valence electrons. The van der Waals surface area contributed by atoms with Crippen LogP contribution >= 0.6 is 0 Å². The van der Waals surface area contributed by atoms with Crippen molar-refractivity contribution in [3.05, 3.63) is 54.1 Å². The van der Waals surface area contributed by atoms with Gasteiger partial charge in [0.05, 0.1) is 0 Å². The summed E-state index contributed by atoms with van der Waals surface area (Å²) < 4.78 is 40.2. The summed E-state index contributed by atoms with van der Waals surface area (Å²) in [5.41, 5.74) is 7.10. The van der Waals surface area contributed by atoms with Crippen molar-refractivity contribution < 1.29 is 23.0 Å². The van der Waals surface area contributed by atoms with Crippen LogP contribution in [0.2, 0.25) is 0 Å². The highest BCUT2D eigenvalue weighted by atomic mass is 19.4. The fourth-order valence-corrected chi connectivity index (χ4v) is 1.64. The van der Waals surface area contributed by atoms with Crippen LogP contribution in [-0.2, 0) is 6.54 Å². The Hall–Kier alpha value is -2.41. The fraction of sp³-hybridized carbons (Fsp3) is 0.143. The van der Waals surface area contributed by atoms with Gasteiger partial charge in [0.25, 0.3) is 0 Å². The standard InChI is InChI=1S/C14H13F3N2O2/c15-14(16,17)21-13-8-10(6-7-12(13)20)9-18-19-11-4-2-1-3-5-11/h1-8,18-20H,9H2. The van der Waals surface area contributed by atoms with Gasteiger partial charge in [-0.05, 0) is 29.8 Å². The second kappa shape index (κ2) is 6.36. The lowest BCUT2D eigenvalue weighted by Crippen LogP contribution is -2.21. The summed E-state index contributed by atoms with van der Waals surface area (Å²) in [5.74, 6) is -1.19. The van der Waals surface area contributed by atoms with E-state index in [1.165, 1.54) is 6.07 Å². The second-order valence-electron chi connectivity index (χ2n) is 4.19. The van der Waals surface area contributed by atoms with Crippen molar-refractivity contribution in [2.45, 2.75) is 12.9 Å². The number of hydrogen-bond acceptors (Lipinski definition) is 4. The maximum Gasteiger partial charge on any atom is 0.573 e. The highest BCUT2D eigenvalue weighted by molar-refractivity contribution is 5.43. The minimum Gasteiger partial charge on any atom is -0.504 e. The van der Waals surface area contributed by atoms with Crippen LogP contribution in [0.5, 0.6) is 11.5 Å². The van der Waals surface area contributed by atoms with Crippen molar-refractivity contribution >= 4 is 5.69 Å². The number of hydrogen-bond donors (Lipinski definition) is 3. The van der Waals surface area contributed by atoms with Gasteiger partial charge in [-0.3, -0.25) is 0 Å². The lowest BCUT2D eigenvalue weighted by Gasteiger charge is -2.12. The predicted octanol–water partition coefficient (Wildman–Crippen LogP) is 3.41. The van der Waals surface area contributed by atoms with E-state index in [0.717, 1.165) is 17.8 Å². The molecule has 0 radical (unpaired) electrons. The zero-order valence-corrected chi connectivity index (χ0v) is 10.8. The van der Waals surface area contributed by atoms with E-state index in [9.17, 15) is 18.3 Å². The van der Waals surface area contributed by atoms with Gasteiger partial charge in [-0.25, -0.2) is 5.43 Å². The van der Waals surface area contributed by atoms with Gasteiger partial charge in [-0.15, -0.1) is 13.2 Å². The van der Waals surface area contributed by atoms with Gasteiger partial charge >= 0.3 is 6.36 Å². The molecule has 2 aromatic carbocycles. The molecule has 7 heteroatoms. The summed E-state index contributed by atoms with van der Waals surface area (Å²) in [5, 5.41) is 9.34. The van der Waals surface area contributed by atoms with Crippen LogP contribution in [0.25, 0.3) is 0 Å². The molecule has 0 aliphatic heterocycles. The number of anilines is 1. The summed E-state index contributed by atoms with van der Waals surface area (Å²) in [6.07, 6.45) is -4.84. The Labute approximate surface area is 119 Å². The first-order chi connectivity index (χ1) is 9.94. The first kappa shape index (κ1) is 15.0. The molecule has 4 nitrogen and oxygen atoms in total. The van der Waals surface area contributed by atoms with E-state index in [-0.39, 0.29) is 6.54 Å². The van der Waals surface area contributed by atoms with Crippen molar-refractivity contribution in [1.82, 2.24) is 5.43 Å². The molecule has 0 aliphatic carbocycles. The summed E-state index contributed by atoms with van der Waals surface area (Å²) >= 11 is 0. The highest BCUT2D eigenvalue weighted by Gasteiger charge is 2.32. The minimum atomic E-state index is -4.84. The van der Waals surface area contributed by atoms with Crippen LogP contribution in [0, 0.1) is 0 Å². The molecule has 0 heterocycles. The smallest absolute Gasteiger partial charge is 0.504 e. The van der Waals surface area contributed by atoms with E-state index in [1.807, 2.05) is 30.3 Å². The third-order valence-electron chi connectivity index (χ3n) is 2.55. The Balaban J connectivity index is 1.96. The topological polar surface area (TPSA) is 53.5 Å². The van der Waals surface area contributed by atoms with Gasteiger partial charge in [-0.1, -0.05) is 24.3 Å². The lowest BCUT2D eigenvalue weighted by molar-refractivity contribution is -0.275. The normalized spacial score (nSPS) is 11.2. The zero-order valence-electron chi connectivity index (χ0n) is 10.8. The maximum atomic E-state index is 12.2. The van der Waals surface area contributed by atoms with Crippen LogP contribution in [0.3, 0.4) is 0 Å². The summed E-state index contributed by atoms with van der Waals surface area (Å²) in [4.78, 5) is 0. The van der Waals surface area contributed by atoms with E-state index in [0.29, 0.717) is 5.56 Å². The second-order valence-corrected chi connectivity index (χ2v) is 4.19. The monoisotopic (exact) mass is 298 g/mol. The highest BCUT2D eigenvalue weighted by Crippen LogP contribution is 2.31. The van der Waals surface area contributed by atoms with Gasteiger partial charge in [-0.2, -0.15) is 0 Å². The molecular formula is C14H13F3N2O2. The Morgan fingerprint density at radius 1 is 1.05 bits per heavy atom. The number of ether oxygens (including phenoxy) is 1. The Bertz CT molecular complexity index is 589. The van der Waals surface area contributed by atoms with Crippen molar-refractivity contribution in [3.63, 3.8) is 0 Å². The molecule has 0 saturated carbocycles. The quantitative estimate of drug-likeness (QED) is 0.740. The molecule has 3 N–H and O–H groups in total. The minimum absolute atomic E-state index is 0.253. The average molecular weight is 298 g/mol. The number of hydrazine groups is 1. The van der Waals surface area contributed by atoms with Gasteiger partial charge in [0, 0.05) is 12.2 Å². The lowest BCUT2D eigenvalue weighted by atomic mass is 10.2. The number of alkyl halides is 3. The molecule has 21 heavy (non-hydrogen) atoms. The van der Waals surface area contributed by atoms with Gasteiger partial charge in [0.1, 0.15) is 0 Å². The van der Waals surface area contributed by atoms with E-state index in [4.69, 9.17) is 0 Å². The van der Waals surface area contributed by atoms with E-state index in [2.05, 4.69) is 15.6 Å². The fourth-order valence-electron chi connectivity index (χ4n) is 1.64. The van der Waals surface area contributed by atoms with Crippen LogP contribution in [0.1, 0.15) is 5.56 Å². The number of rotatable bonds is 5. The van der Waals surface area contributed by atoms with Gasteiger partial charge in [0.15, 0.2) is 11.5 Å². The Morgan fingerprint density at radius 3 is 2.43 bits per heavy atom. The third kappa shape index (κ3) is 4.88. The van der Waals surface area contributed by atoms with Crippen LogP contribution < -0.4 is 15.6 Å². The first-order valence-corrected chi connectivity index (χ1v) is 6.05. The number of para-hydroxylation sites is 1. The van der Waals surface area contributed by atoms with Crippen molar-refractivity contribution in [3.8, 4) is 11.5 Å². The zero-order chi connectivity index (χ0) is 15.3. The molecule has 0 bridgehead atoms. The first-order valence-electron chi connectivity index (χ1n) is 6.05. The van der Waals surface area contributed by atoms with Crippen molar-refractivity contribution in [1.29, 1.82) is 0 Å². The third-order valence-corrected chi connectivity index (χ3v) is 2.55. The van der Waals surface area contributed by atoms with E-state index < -0.39 is 17.9 Å². The molecular weight excluding hydrogens is 285 g/mol. The molecule has 0 spiro atoms. The predicted molar refractivity (Wildman–Crippen MR) is 71.7 cm³/mol. The average Bonchev–Trinajstić information content (AvgIpc) is 2.42. The molecule has 0 unspecified atom stereocenters. The molecule has 0 saturated heterocycles. The Kier molecular flexibility index (Phi) is 4.54. The molecule has 2 rings (SSSR count). The molecule has 0 aliphatic rings. The SMILES string of the molecule is Oc1ccc(CNNc2ccccc2)cc1OC(F)(F)F. The van der Waals surface area contributed by atoms with E-state index in [1.54, 1.807) is 0 Å². The van der Waals surface area contributed by atoms with Gasteiger partial charge in [0.2, 0.25) is 0 Å². The number of benzene rings is 2. The molecule has 0 fully saturated rings.